The molecule has 2 fully saturated rings. The molecule has 0 unspecified atom stereocenters. The van der Waals surface area contributed by atoms with E-state index < -0.39 is 11.7 Å². The SMILES string of the molecule is CC(C)(O)Cc1cnn(-c2ccc(-c3ccc(-c4nc5nc(O[C@@H]6CO[C@H]7[C@@H]6OC[C@H]7O)[nH]c5cc4Cl)cc3)nc2)c1. The summed E-state index contributed by atoms with van der Waals surface area (Å²) in [5, 5.41) is 24.9. The molecular weight excluding hydrogens is 560 g/mol. The number of rotatable bonds is 7. The van der Waals surface area contributed by atoms with Crippen LogP contribution in [-0.4, -0.2) is 83.2 Å². The molecule has 12 heteroatoms. The Bertz CT molecular complexity index is 1730. The fourth-order valence-electron chi connectivity index (χ4n) is 5.43. The van der Waals surface area contributed by atoms with Gasteiger partial charge in [0.2, 0.25) is 0 Å². The van der Waals surface area contributed by atoms with Crippen LogP contribution in [0.2, 0.25) is 5.02 Å². The van der Waals surface area contributed by atoms with Crippen molar-refractivity contribution in [2.45, 2.75) is 50.3 Å². The van der Waals surface area contributed by atoms with Crippen LogP contribution in [-0.2, 0) is 15.9 Å². The largest absolute Gasteiger partial charge is 0.456 e. The molecule has 0 saturated carbocycles. The Labute approximate surface area is 246 Å². The zero-order valence-corrected chi connectivity index (χ0v) is 23.7. The predicted octanol–water partition coefficient (Wildman–Crippen LogP) is 3.75. The van der Waals surface area contributed by atoms with E-state index in [9.17, 15) is 10.2 Å². The zero-order valence-electron chi connectivity index (χ0n) is 22.9. The first kappa shape index (κ1) is 27.0. The number of aromatic amines is 1. The highest BCUT2D eigenvalue weighted by molar-refractivity contribution is 6.33. The van der Waals surface area contributed by atoms with Crippen molar-refractivity contribution >= 4 is 22.8 Å². The van der Waals surface area contributed by atoms with Crippen LogP contribution in [0.15, 0.2) is 61.1 Å². The van der Waals surface area contributed by atoms with Crippen LogP contribution < -0.4 is 4.74 Å². The van der Waals surface area contributed by atoms with Crippen LogP contribution in [0.4, 0.5) is 0 Å². The number of H-pyrrole nitrogens is 1. The molecule has 3 N–H and O–H groups in total. The van der Waals surface area contributed by atoms with Crippen molar-refractivity contribution in [3.05, 3.63) is 71.6 Å². The van der Waals surface area contributed by atoms with E-state index in [1.165, 1.54) is 0 Å². The van der Waals surface area contributed by atoms with Crippen LogP contribution in [0.3, 0.4) is 0 Å². The van der Waals surface area contributed by atoms with Crippen molar-refractivity contribution in [1.29, 1.82) is 0 Å². The number of hydrogen-bond acceptors (Lipinski definition) is 9. The lowest BCUT2D eigenvalue weighted by Gasteiger charge is -2.15. The normalized spacial score (nSPS) is 22.1. The maximum atomic E-state index is 10.1. The Morgan fingerprint density at radius 2 is 1.83 bits per heavy atom. The number of hydrogen-bond donors (Lipinski definition) is 3. The highest BCUT2D eigenvalue weighted by Crippen LogP contribution is 2.33. The summed E-state index contributed by atoms with van der Waals surface area (Å²) in [5.41, 5.74) is 5.30. The van der Waals surface area contributed by atoms with E-state index in [1.807, 2.05) is 42.6 Å². The van der Waals surface area contributed by atoms with Gasteiger partial charge < -0.3 is 29.4 Å². The minimum absolute atomic E-state index is 0.229. The van der Waals surface area contributed by atoms with Crippen molar-refractivity contribution in [3.63, 3.8) is 0 Å². The van der Waals surface area contributed by atoms with Gasteiger partial charge in [-0.1, -0.05) is 35.9 Å². The molecule has 0 amide bonds. The molecule has 2 aliphatic heterocycles. The Balaban J connectivity index is 1.07. The number of halogens is 1. The van der Waals surface area contributed by atoms with Gasteiger partial charge in [0, 0.05) is 23.7 Å². The first-order valence-electron chi connectivity index (χ1n) is 13.7. The quantitative estimate of drug-likeness (QED) is 0.259. The summed E-state index contributed by atoms with van der Waals surface area (Å²) in [6.45, 7) is 4.09. The van der Waals surface area contributed by atoms with Gasteiger partial charge in [-0.25, -0.2) is 9.67 Å². The lowest BCUT2D eigenvalue weighted by atomic mass is 10.0. The van der Waals surface area contributed by atoms with Crippen LogP contribution >= 0.6 is 11.6 Å². The predicted molar refractivity (Wildman–Crippen MR) is 155 cm³/mol. The first-order valence-corrected chi connectivity index (χ1v) is 14.1. The van der Waals surface area contributed by atoms with Crippen molar-refractivity contribution in [2.75, 3.05) is 13.2 Å². The molecule has 0 spiro atoms. The molecule has 2 aliphatic rings. The minimum Gasteiger partial charge on any atom is -0.456 e. The van der Waals surface area contributed by atoms with Crippen molar-refractivity contribution < 1.29 is 24.4 Å². The molecule has 5 aromatic rings. The average molecular weight is 589 g/mol. The minimum atomic E-state index is -0.797. The number of imidazole rings is 1. The van der Waals surface area contributed by atoms with E-state index in [4.69, 9.17) is 30.8 Å². The second kappa shape index (κ2) is 10.4. The van der Waals surface area contributed by atoms with Gasteiger partial charge in [-0.2, -0.15) is 10.1 Å². The summed E-state index contributed by atoms with van der Waals surface area (Å²) in [7, 11) is 0. The highest BCUT2D eigenvalue weighted by atomic mass is 35.5. The number of fused-ring (bicyclic) bond motifs is 2. The third-order valence-electron chi connectivity index (χ3n) is 7.39. The van der Waals surface area contributed by atoms with Gasteiger partial charge in [-0.3, -0.25) is 4.98 Å². The standard InChI is InChI=1S/C30H29ClN6O5/c1-30(2,39)10-16-11-33-37(13-16)19-7-8-21(32-12-19)17-3-5-18(6-4-17)25-20(31)9-22-28(35-25)36-29(34-22)42-24-15-41-26-23(38)14-40-27(24)26/h3-9,11-13,23-24,26-27,38-39H,10,14-15H2,1-2H3,(H,34,35,36)/t23-,24-,26-,27-/m1/s1. The second-order valence-electron chi connectivity index (χ2n) is 11.3. The maximum Gasteiger partial charge on any atom is 0.296 e. The molecule has 216 valence electrons. The number of ether oxygens (including phenoxy) is 3. The molecule has 0 radical (unpaired) electrons. The molecule has 4 aromatic heterocycles. The third-order valence-corrected chi connectivity index (χ3v) is 7.68. The monoisotopic (exact) mass is 588 g/mol. The topological polar surface area (TPSA) is 140 Å². The number of nitrogens with one attached hydrogen (secondary N) is 1. The molecular formula is C30H29ClN6O5. The summed E-state index contributed by atoms with van der Waals surface area (Å²) < 4.78 is 19.0. The van der Waals surface area contributed by atoms with E-state index in [0.29, 0.717) is 40.9 Å². The van der Waals surface area contributed by atoms with E-state index in [-0.39, 0.29) is 24.9 Å². The summed E-state index contributed by atoms with van der Waals surface area (Å²) in [6.07, 6.45) is 4.19. The van der Waals surface area contributed by atoms with Crippen molar-refractivity contribution in [2.24, 2.45) is 0 Å². The Morgan fingerprint density at radius 1 is 1.05 bits per heavy atom. The number of aliphatic hydroxyl groups excluding tert-OH is 1. The lowest BCUT2D eigenvalue weighted by molar-refractivity contribution is 0.00706. The average Bonchev–Trinajstić information content (AvgIpc) is 3.75. The van der Waals surface area contributed by atoms with Gasteiger partial charge in [-0.15, -0.1) is 0 Å². The molecule has 7 rings (SSSR count). The van der Waals surface area contributed by atoms with Crippen LogP contribution in [0.25, 0.3) is 39.4 Å². The number of aliphatic hydroxyl groups is 2. The van der Waals surface area contributed by atoms with Crippen LogP contribution in [0.1, 0.15) is 19.4 Å². The number of benzene rings is 1. The fourth-order valence-corrected chi connectivity index (χ4v) is 5.69. The Morgan fingerprint density at radius 3 is 2.60 bits per heavy atom. The van der Waals surface area contributed by atoms with Crippen molar-refractivity contribution in [1.82, 2.24) is 29.7 Å². The Hall–Kier alpha value is -3.87. The summed E-state index contributed by atoms with van der Waals surface area (Å²) in [4.78, 5) is 16.9. The van der Waals surface area contributed by atoms with Gasteiger partial charge in [0.15, 0.2) is 11.8 Å². The highest BCUT2D eigenvalue weighted by Gasteiger charge is 2.48. The number of pyridine rings is 2. The number of aromatic nitrogens is 6. The van der Waals surface area contributed by atoms with Crippen LogP contribution in [0.5, 0.6) is 6.01 Å². The van der Waals surface area contributed by atoms with E-state index in [1.54, 1.807) is 37.0 Å². The van der Waals surface area contributed by atoms with Crippen LogP contribution in [0, 0.1) is 0 Å². The number of nitrogens with zero attached hydrogens (tertiary/aromatic N) is 5. The van der Waals surface area contributed by atoms with Gasteiger partial charge in [0.05, 0.1) is 58.8 Å². The van der Waals surface area contributed by atoms with Gasteiger partial charge in [0.25, 0.3) is 6.01 Å². The molecule has 42 heavy (non-hydrogen) atoms. The summed E-state index contributed by atoms with van der Waals surface area (Å²) in [6, 6.07) is 13.8. The molecule has 1 aromatic carbocycles. The lowest BCUT2D eigenvalue weighted by Crippen LogP contribution is -2.34. The van der Waals surface area contributed by atoms with E-state index in [2.05, 4.69) is 20.1 Å². The molecule has 11 nitrogen and oxygen atoms in total. The van der Waals surface area contributed by atoms with Gasteiger partial charge >= 0.3 is 0 Å². The first-order chi connectivity index (χ1) is 20.2. The fraction of sp³-hybridized carbons (Fsp3) is 0.333. The smallest absolute Gasteiger partial charge is 0.296 e. The van der Waals surface area contributed by atoms with E-state index >= 15 is 0 Å². The maximum absolute atomic E-state index is 10.1. The molecule has 2 saturated heterocycles. The summed E-state index contributed by atoms with van der Waals surface area (Å²) in [5.74, 6) is 0. The molecule has 0 bridgehead atoms. The molecule has 0 aliphatic carbocycles. The van der Waals surface area contributed by atoms with E-state index in [0.717, 1.165) is 28.1 Å². The summed E-state index contributed by atoms with van der Waals surface area (Å²) >= 11 is 6.62. The second-order valence-corrected chi connectivity index (χ2v) is 11.7. The van der Waals surface area contributed by atoms with Gasteiger partial charge in [-0.05, 0) is 37.6 Å². The molecule has 6 heterocycles. The van der Waals surface area contributed by atoms with Crippen molar-refractivity contribution in [3.8, 4) is 34.2 Å². The third kappa shape index (κ3) is 5.25. The molecule has 4 atom stereocenters. The Kier molecular flexibility index (Phi) is 6.71. The van der Waals surface area contributed by atoms with Gasteiger partial charge in [0.1, 0.15) is 18.3 Å². The zero-order chi connectivity index (χ0) is 29.0.